The van der Waals surface area contributed by atoms with Gasteiger partial charge in [0.25, 0.3) is 5.56 Å². The van der Waals surface area contributed by atoms with Gasteiger partial charge >= 0.3 is 0 Å². The highest BCUT2D eigenvalue weighted by Gasteiger charge is 2.14. The van der Waals surface area contributed by atoms with Gasteiger partial charge in [-0.25, -0.2) is 4.68 Å². The predicted molar refractivity (Wildman–Crippen MR) is 110 cm³/mol. The molecule has 150 valence electrons. The molecular weight excluding hydrogens is 366 g/mol. The van der Waals surface area contributed by atoms with Gasteiger partial charge < -0.3 is 10.2 Å². The Morgan fingerprint density at radius 1 is 1.11 bits per heavy atom. The maximum Gasteiger partial charge on any atom is 0.271 e. The summed E-state index contributed by atoms with van der Waals surface area (Å²) in [5, 5.41) is 23.0. The fourth-order valence-electron chi connectivity index (χ4n) is 2.84. The highest BCUT2D eigenvalue weighted by atomic mass is 35.5. The molecule has 0 aliphatic carbocycles. The Balaban J connectivity index is 0.00000364. The molecule has 0 radical (unpaired) electrons. The number of hydrogen-bond donors (Lipinski definition) is 2. The minimum Gasteiger partial charge on any atom is -0.395 e. The molecule has 7 heteroatoms. The zero-order valence-electron chi connectivity index (χ0n) is 16.3. The molecule has 1 aromatic carbocycles. The van der Waals surface area contributed by atoms with Crippen molar-refractivity contribution in [1.29, 1.82) is 0 Å². The number of nitrogens with zero attached hydrogens (tertiary/aromatic N) is 3. The monoisotopic (exact) mass is 395 g/mol. The van der Waals surface area contributed by atoms with Crippen molar-refractivity contribution in [2.24, 2.45) is 5.92 Å². The topological polar surface area (TPSA) is 78.6 Å². The number of aliphatic hydroxyl groups excluding tert-OH is 2. The maximum absolute atomic E-state index is 12.8. The molecule has 0 spiro atoms. The van der Waals surface area contributed by atoms with E-state index >= 15 is 0 Å². The first-order valence-corrected chi connectivity index (χ1v) is 9.06. The molecule has 0 amide bonds. The lowest BCUT2D eigenvalue weighted by molar-refractivity contribution is 0.155. The van der Waals surface area contributed by atoms with Crippen molar-refractivity contribution in [2.45, 2.75) is 33.9 Å². The molecule has 0 saturated carbocycles. The van der Waals surface area contributed by atoms with E-state index in [9.17, 15) is 15.0 Å². The van der Waals surface area contributed by atoms with Gasteiger partial charge in [-0.05, 0) is 18.9 Å². The molecule has 27 heavy (non-hydrogen) atoms. The summed E-state index contributed by atoms with van der Waals surface area (Å²) in [5.74, 6) is 0.298. The third kappa shape index (κ3) is 6.74. The Morgan fingerprint density at radius 3 is 2.22 bits per heavy atom. The van der Waals surface area contributed by atoms with Gasteiger partial charge in [-0.3, -0.25) is 9.69 Å². The second-order valence-electron chi connectivity index (χ2n) is 7.03. The molecule has 6 nitrogen and oxygen atoms in total. The lowest BCUT2D eigenvalue weighted by Gasteiger charge is -2.21. The molecule has 0 fully saturated rings. The molecule has 0 bridgehead atoms. The van der Waals surface area contributed by atoms with E-state index in [-0.39, 0.29) is 31.2 Å². The summed E-state index contributed by atoms with van der Waals surface area (Å²) in [7, 11) is 0. The number of benzene rings is 1. The van der Waals surface area contributed by atoms with E-state index in [2.05, 4.69) is 18.9 Å². The van der Waals surface area contributed by atoms with Crippen LogP contribution in [0.15, 0.2) is 35.1 Å². The quantitative estimate of drug-likeness (QED) is 0.679. The van der Waals surface area contributed by atoms with Crippen molar-refractivity contribution < 1.29 is 10.2 Å². The number of hydrogen-bond acceptors (Lipinski definition) is 5. The van der Waals surface area contributed by atoms with Crippen LogP contribution >= 0.6 is 12.4 Å². The van der Waals surface area contributed by atoms with Gasteiger partial charge in [0, 0.05) is 37.3 Å². The molecule has 2 aromatic rings. The standard InChI is InChI=1S/C20H29N3O3.ClH/c1-15(2)13-23-20(26)18(14-22(8-10-24)9-11-25)12-19(21-23)17-6-4-16(3)5-7-17;/h4-7,12,15,24-25H,8-11,13-14H2,1-3H3;1H. The van der Waals surface area contributed by atoms with Crippen LogP contribution in [0.3, 0.4) is 0 Å². The number of aryl methyl sites for hydroxylation is 1. The average molecular weight is 396 g/mol. The summed E-state index contributed by atoms with van der Waals surface area (Å²) in [5.41, 5.74) is 3.40. The molecule has 0 atom stereocenters. The fraction of sp³-hybridized carbons (Fsp3) is 0.500. The van der Waals surface area contributed by atoms with Crippen molar-refractivity contribution in [3.8, 4) is 11.3 Å². The Morgan fingerprint density at radius 2 is 1.70 bits per heavy atom. The third-order valence-corrected chi connectivity index (χ3v) is 4.16. The highest BCUT2D eigenvalue weighted by molar-refractivity contribution is 5.85. The van der Waals surface area contributed by atoms with Crippen molar-refractivity contribution >= 4 is 12.4 Å². The molecule has 2 N–H and O–H groups in total. The van der Waals surface area contributed by atoms with Crippen LogP contribution in [0.25, 0.3) is 11.3 Å². The fourth-order valence-corrected chi connectivity index (χ4v) is 2.84. The molecule has 0 aliphatic rings. The van der Waals surface area contributed by atoms with Gasteiger partial charge in [0.2, 0.25) is 0 Å². The average Bonchev–Trinajstić information content (AvgIpc) is 2.59. The van der Waals surface area contributed by atoms with Crippen LogP contribution in [-0.4, -0.2) is 51.2 Å². The predicted octanol–water partition coefficient (Wildman–Crippen LogP) is 2.08. The SMILES string of the molecule is Cc1ccc(-c2cc(CN(CCO)CCO)c(=O)n(CC(C)C)n2)cc1.Cl. The maximum atomic E-state index is 12.8. The Kier molecular flexibility index (Phi) is 9.66. The first-order valence-electron chi connectivity index (χ1n) is 9.06. The first-order chi connectivity index (χ1) is 12.4. The summed E-state index contributed by atoms with van der Waals surface area (Å²) in [6.45, 7) is 7.84. The van der Waals surface area contributed by atoms with Crippen LogP contribution in [0, 0.1) is 12.8 Å². The zero-order valence-corrected chi connectivity index (χ0v) is 17.1. The Bertz CT molecular complexity index is 754. The molecule has 1 heterocycles. The number of aliphatic hydroxyl groups is 2. The highest BCUT2D eigenvalue weighted by Crippen LogP contribution is 2.18. The third-order valence-electron chi connectivity index (χ3n) is 4.16. The Hall–Kier alpha value is -1.73. The van der Waals surface area contributed by atoms with Gasteiger partial charge in [-0.15, -0.1) is 12.4 Å². The molecule has 2 rings (SSSR count). The van der Waals surface area contributed by atoms with E-state index in [0.29, 0.717) is 37.7 Å². The van der Waals surface area contributed by atoms with Crippen LogP contribution in [0.5, 0.6) is 0 Å². The number of aromatic nitrogens is 2. The number of rotatable bonds is 9. The molecule has 1 aromatic heterocycles. The minimum atomic E-state index is -0.115. The van der Waals surface area contributed by atoms with Gasteiger partial charge in [0.1, 0.15) is 0 Å². The largest absolute Gasteiger partial charge is 0.395 e. The van der Waals surface area contributed by atoms with Crippen molar-refractivity contribution in [2.75, 3.05) is 26.3 Å². The van der Waals surface area contributed by atoms with Gasteiger partial charge in [0.15, 0.2) is 0 Å². The molecule has 0 unspecified atom stereocenters. The second kappa shape index (κ2) is 11.2. The van der Waals surface area contributed by atoms with Crippen LogP contribution < -0.4 is 5.56 Å². The minimum absolute atomic E-state index is 0. The second-order valence-corrected chi connectivity index (χ2v) is 7.03. The summed E-state index contributed by atoms with van der Waals surface area (Å²) < 4.78 is 1.53. The van der Waals surface area contributed by atoms with Crippen LogP contribution in [0.4, 0.5) is 0 Å². The summed E-state index contributed by atoms with van der Waals surface area (Å²) >= 11 is 0. The zero-order chi connectivity index (χ0) is 19.1. The summed E-state index contributed by atoms with van der Waals surface area (Å²) in [6, 6.07) is 9.89. The molecule has 0 saturated heterocycles. The van der Waals surface area contributed by atoms with Crippen molar-refractivity contribution in [3.05, 3.63) is 51.8 Å². The molecule has 0 aliphatic heterocycles. The van der Waals surface area contributed by atoms with Gasteiger partial charge in [-0.1, -0.05) is 43.7 Å². The van der Waals surface area contributed by atoms with E-state index < -0.39 is 0 Å². The first kappa shape index (κ1) is 23.3. The van der Waals surface area contributed by atoms with E-state index in [1.807, 2.05) is 42.2 Å². The van der Waals surface area contributed by atoms with E-state index in [4.69, 9.17) is 0 Å². The van der Waals surface area contributed by atoms with Crippen LogP contribution in [-0.2, 0) is 13.1 Å². The van der Waals surface area contributed by atoms with E-state index in [1.54, 1.807) is 0 Å². The van der Waals surface area contributed by atoms with E-state index in [1.165, 1.54) is 10.2 Å². The van der Waals surface area contributed by atoms with Crippen LogP contribution in [0.2, 0.25) is 0 Å². The normalized spacial score (nSPS) is 11.1. The summed E-state index contributed by atoms with van der Waals surface area (Å²) in [6.07, 6.45) is 0. The molecular formula is C20H30ClN3O3. The lowest BCUT2D eigenvalue weighted by atomic mass is 10.1. The van der Waals surface area contributed by atoms with Crippen molar-refractivity contribution in [1.82, 2.24) is 14.7 Å². The van der Waals surface area contributed by atoms with E-state index in [0.717, 1.165) is 11.3 Å². The lowest BCUT2D eigenvalue weighted by Crippen LogP contribution is -2.35. The smallest absolute Gasteiger partial charge is 0.271 e. The van der Waals surface area contributed by atoms with Crippen LogP contribution in [0.1, 0.15) is 25.0 Å². The van der Waals surface area contributed by atoms with Gasteiger partial charge in [-0.2, -0.15) is 5.10 Å². The number of halogens is 1. The summed E-state index contributed by atoms with van der Waals surface area (Å²) in [4.78, 5) is 14.7. The van der Waals surface area contributed by atoms with Crippen molar-refractivity contribution in [3.63, 3.8) is 0 Å². The Labute approximate surface area is 166 Å². The van der Waals surface area contributed by atoms with Gasteiger partial charge in [0.05, 0.1) is 18.9 Å².